The Morgan fingerprint density at radius 3 is 2.43 bits per heavy atom. The summed E-state index contributed by atoms with van der Waals surface area (Å²) in [4.78, 5) is 35.1. The average Bonchev–Trinajstić information content (AvgIpc) is 3.25. The van der Waals surface area contributed by atoms with E-state index in [-0.39, 0.29) is 18.2 Å². The quantitative estimate of drug-likeness (QED) is 0.512. The van der Waals surface area contributed by atoms with Gasteiger partial charge in [0.1, 0.15) is 0 Å². The molecule has 0 fully saturated rings. The molecule has 1 N–H and O–H groups in total. The molecule has 2 aromatic carbocycles. The molecule has 0 spiro atoms. The molecule has 0 bridgehead atoms. The van der Waals surface area contributed by atoms with Gasteiger partial charge in [0, 0.05) is 30.4 Å². The van der Waals surface area contributed by atoms with Crippen molar-refractivity contribution >= 4 is 40.3 Å². The topological polar surface area (TPSA) is 65.0 Å². The van der Waals surface area contributed by atoms with Crippen LogP contribution in [0.25, 0.3) is 0 Å². The van der Waals surface area contributed by atoms with E-state index in [2.05, 4.69) is 5.32 Å². The number of amidine groups is 1. The molecule has 0 saturated heterocycles. The Hall–Kier alpha value is -3.03. The van der Waals surface area contributed by atoms with Gasteiger partial charge in [0.25, 0.3) is 5.91 Å². The molecule has 35 heavy (non-hydrogen) atoms. The van der Waals surface area contributed by atoms with Crippen molar-refractivity contribution in [3.05, 3.63) is 93.1 Å². The van der Waals surface area contributed by atoms with Crippen molar-refractivity contribution < 1.29 is 9.59 Å². The second-order valence-electron chi connectivity index (χ2n) is 8.36. The molecule has 2 heterocycles. The summed E-state index contributed by atoms with van der Waals surface area (Å²) in [6.45, 7) is 7.51. The minimum atomic E-state index is -0.393. The molecule has 0 saturated carbocycles. The number of carbonyl (C=O) groups excluding carboxylic acids is 2. The van der Waals surface area contributed by atoms with Crippen molar-refractivity contribution in [1.82, 2.24) is 15.1 Å². The summed E-state index contributed by atoms with van der Waals surface area (Å²) >= 11 is 7.65. The summed E-state index contributed by atoms with van der Waals surface area (Å²) in [5.74, 6) is -0.125. The first-order chi connectivity index (χ1) is 16.9. The standard InChI is InChI=1S/C27H29ClN4O2S/c1-4-31(5-2)26(34)24-18(3)30-27-32(25(24)20-11-13-21(28)14-12-20)22(17-35-27)15-23(33)29-16-19-9-7-6-8-10-19/h6-14,17,25H,4-5,15-16H2,1-3H3,(H,29,33). The fourth-order valence-corrected chi connectivity index (χ4v) is 5.40. The number of hydrogen-bond acceptors (Lipinski definition) is 5. The van der Waals surface area contributed by atoms with Gasteiger partial charge in [-0.05, 0) is 49.4 Å². The number of likely N-dealkylation sites (N-methyl/N-ethyl adjacent to an activating group) is 1. The minimum Gasteiger partial charge on any atom is -0.352 e. The Labute approximate surface area is 215 Å². The van der Waals surface area contributed by atoms with Gasteiger partial charge in [-0.1, -0.05) is 65.8 Å². The largest absolute Gasteiger partial charge is 0.352 e. The van der Waals surface area contributed by atoms with Gasteiger partial charge in [-0.3, -0.25) is 9.59 Å². The van der Waals surface area contributed by atoms with Gasteiger partial charge < -0.3 is 15.1 Å². The molecule has 0 aliphatic carbocycles. The summed E-state index contributed by atoms with van der Waals surface area (Å²) in [5.41, 5.74) is 4.11. The molecule has 182 valence electrons. The van der Waals surface area contributed by atoms with Crippen LogP contribution in [0.4, 0.5) is 0 Å². The van der Waals surface area contributed by atoms with Crippen molar-refractivity contribution in [1.29, 1.82) is 0 Å². The van der Waals surface area contributed by atoms with Crippen LogP contribution in [-0.4, -0.2) is 39.9 Å². The number of aliphatic imine (C=N–C) groups is 1. The van der Waals surface area contributed by atoms with Gasteiger partial charge in [0.2, 0.25) is 5.91 Å². The third-order valence-corrected chi connectivity index (χ3v) is 7.28. The smallest absolute Gasteiger partial charge is 0.254 e. The second-order valence-corrected chi connectivity index (χ2v) is 9.63. The van der Waals surface area contributed by atoms with Gasteiger partial charge in [-0.25, -0.2) is 4.99 Å². The number of fused-ring (bicyclic) bond motifs is 1. The number of benzene rings is 2. The maximum atomic E-state index is 13.6. The van der Waals surface area contributed by atoms with Gasteiger partial charge in [-0.2, -0.15) is 0 Å². The summed E-state index contributed by atoms with van der Waals surface area (Å²) in [7, 11) is 0. The molecular weight excluding hydrogens is 480 g/mol. The van der Waals surface area contributed by atoms with Gasteiger partial charge in [0.05, 0.1) is 23.7 Å². The Kier molecular flexibility index (Phi) is 7.98. The lowest BCUT2D eigenvalue weighted by atomic mass is 9.92. The van der Waals surface area contributed by atoms with Gasteiger partial charge in [0.15, 0.2) is 5.17 Å². The van der Waals surface area contributed by atoms with Gasteiger partial charge in [-0.15, -0.1) is 0 Å². The van der Waals surface area contributed by atoms with E-state index >= 15 is 0 Å². The Morgan fingerprint density at radius 2 is 1.77 bits per heavy atom. The zero-order valence-electron chi connectivity index (χ0n) is 20.1. The highest BCUT2D eigenvalue weighted by Gasteiger charge is 2.41. The summed E-state index contributed by atoms with van der Waals surface area (Å²) in [6, 6.07) is 17.0. The van der Waals surface area contributed by atoms with E-state index in [1.165, 1.54) is 11.8 Å². The van der Waals surface area contributed by atoms with E-state index in [1.807, 2.05) is 85.7 Å². The normalized spacial score (nSPS) is 17.0. The lowest BCUT2D eigenvalue weighted by Crippen LogP contribution is -2.42. The number of allylic oxidation sites excluding steroid dienone is 1. The Morgan fingerprint density at radius 1 is 1.09 bits per heavy atom. The molecule has 2 amide bonds. The number of carbonyl (C=O) groups is 2. The first-order valence-corrected chi connectivity index (χ1v) is 13.0. The third-order valence-electron chi connectivity index (χ3n) is 6.14. The third kappa shape index (κ3) is 5.46. The van der Waals surface area contributed by atoms with Crippen LogP contribution in [0.2, 0.25) is 5.02 Å². The van der Waals surface area contributed by atoms with E-state index in [0.717, 1.165) is 22.0 Å². The lowest BCUT2D eigenvalue weighted by molar-refractivity contribution is -0.127. The maximum Gasteiger partial charge on any atom is 0.254 e. The summed E-state index contributed by atoms with van der Waals surface area (Å²) in [5, 5.41) is 6.36. The van der Waals surface area contributed by atoms with Crippen LogP contribution in [0.1, 0.15) is 44.4 Å². The fourth-order valence-electron chi connectivity index (χ4n) is 4.31. The number of halogens is 1. The SMILES string of the molecule is CCN(CC)C(=O)C1=C(C)N=C2SC=C(CC(=O)NCc3ccccc3)N2C1c1ccc(Cl)cc1. The number of amides is 2. The molecule has 2 aliphatic heterocycles. The van der Waals surface area contributed by atoms with Crippen LogP contribution < -0.4 is 5.32 Å². The first-order valence-electron chi connectivity index (χ1n) is 11.7. The fraction of sp³-hybridized carbons (Fsp3) is 0.296. The predicted molar refractivity (Wildman–Crippen MR) is 143 cm³/mol. The lowest BCUT2D eigenvalue weighted by Gasteiger charge is -2.38. The molecule has 0 aromatic heterocycles. The zero-order chi connectivity index (χ0) is 24.9. The van der Waals surface area contributed by atoms with Crippen LogP contribution >= 0.6 is 23.4 Å². The van der Waals surface area contributed by atoms with Crippen molar-refractivity contribution in [2.24, 2.45) is 4.99 Å². The number of rotatable bonds is 8. The number of nitrogens with zero attached hydrogens (tertiary/aromatic N) is 3. The second kappa shape index (κ2) is 11.1. The highest BCUT2D eigenvalue weighted by Crippen LogP contribution is 2.45. The van der Waals surface area contributed by atoms with Crippen LogP contribution in [0.3, 0.4) is 0 Å². The summed E-state index contributed by atoms with van der Waals surface area (Å²) in [6.07, 6.45) is 0.189. The number of hydrogen-bond donors (Lipinski definition) is 1. The predicted octanol–water partition coefficient (Wildman–Crippen LogP) is 5.49. The van der Waals surface area contributed by atoms with Gasteiger partial charge >= 0.3 is 0 Å². The number of nitrogens with one attached hydrogen (secondary N) is 1. The minimum absolute atomic E-state index is 0.0416. The van der Waals surface area contributed by atoms with E-state index < -0.39 is 6.04 Å². The summed E-state index contributed by atoms with van der Waals surface area (Å²) < 4.78 is 0. The van der Waals surface area contributed by atoms with Crippen LogP contribution in [0.5, 0.6) is 0 Å². The van der Waals surface area contributed by atoms with E-state index in [1.54, 1.807) is 4.90 Å². The van der Waals surface area contributed by atoms with E-state index in [0.29, 0.717) is 35.9 Å². The maximum absolute atomic E-state index is 13.6. The van der Waals surface area contributed by atoms with Crippen LogP contribution in [0, 0.1) is 0 Å². The van der Waals surface area contributed by atoms with Crippen molar-refractivity contribution in [3.63, 3.8) is 0 Å². The Bertz CT molecular complexity index is 1190. The Balaban J connectivity index is 1.64. The molecule has 1 unspecified atom stereocenters. The van der Waals surface area contributed by atoms with Crippen molar-refractivity contribution in [2.45, 2.75) is 39.8 Å². The molecule has 8 heteroatoms. The van der Waals surface area contributed by atoms with Crippen LogP contribution in [-0.2, 0) is 16.1 Å². The van der Waals surface area contributed by atoms with E-state index in [4.69, 9.17) is 16.6 Å². The van der Waals surface area contributed by atoms with Crippen LogP contribution in [0.15, 0.2) is 82.0 Å². The molecule has 2 aromatic rings. The molecule has 1 atom stereocenters. The first kappa shape index (κ1) is 25.1. The molecule has 0 radical (unpaired) electrons. The highest BCUT2D eigenvalue weighted by molar-refractivity contribution is 8.16. The van der Waals surface area contributed by atoms with Crippen molar-refractivity contribution in [2.75, 3.05) is 13.1 Å². The highest BCUT2D eigenvalue weighted by atomic mass is 35.5. The molecular formula is C27H29ClN4O2S. The average molecular weight is 509 g/mol. The molecule has 6 nitrogen and oxygen atoms in total. The zero-order valence-corrected chi connectivity index (χ0v) is 21.7. The monoisotopic (exact) mass is 508 g/mol. The van der Waals surface area contributed by atoms with Crippen molar-refractivity contribution in [3.8, 4) is 0 Å². The van der Waals surface area contributed by atoms with E-state index in [9.17, 15) is 9.59 Å². The molecule has 2 aliphatic rings. The number of thioether (sulfide) groups is 1. The molecule has 4 rings (SSSR count).